The summed E-state index contributed by atoms with van der Waals surface area (Å²) in [5.41, 5.74) is 6.99. The SMILES string of the molecule is Cc1ccc(C(C)C)c(-c2ccc(O)cc2)c1-c1ccc(O)cc1. The van der Waals surface area contributed by atoms with Gasteiger partial charge in [0, 0.05) is 0 Å². The van der Waals surface area contributed by atoms with Crippen LogP contribution >= 0.6 is 0 Å². The van der Waals surface area contributed by atoms with Gasteiger partial charge in [-0.05, 0) is 70.5 Å². The van der Waals surface area contributed by atoms with Gasteiger partial charge in [-0.1, -0.05) is 50.2 Å². The number of hydrogen-bond acceptors (Lipinski definition) is 2. The molecule has 0 radical (unpaired) electrons. The van der Waals surface area contributed by atoms with Crippen LogP contribution in [-0.4, -0.2) is 10.2 Å². The third-order valence-corrected chi connectivity index (χ3v) is 4.38. The van der Waals surface area contributed by atoms with Gasteiger partial charge in [-0.2, -0.15) is 0 Å². The Morgan fingerprint density at radius 1 is 0.625 bits per heavy atom. The van der Waals surface area contributed by atoms with Crippen molar-refractivity contribution in [3.05, 3.63) is 71.8 Å². The van der Waals surface area contributed by atoms with Crippen LogP contribution in [0.3, 0.4) is 0 Å². The smallest absolute Gasteiger partial charge is 0.115 e. The van der Waals surface area contributed by atoms with Crippen molar-refractivity contribution in [3.63, 3.8) is 0 Å². The second-order valence-electron chi connectivity index (χ2n) is 6.47. The van der Waals surface area contributed by atoms with Crippen LogP contribution in [-0.2, 0) is 0 Å². The van der Waals surface area contributed by atoms with Crippen molar-refractivity contribution >= 4 is 0 Å². The van der Waals surface area contributed by atoms with Crippen molar-refractivity contribution in [2.75, 3.05) is 0 Å². The Morgan fingerprint density at radius 2 is 1.08 bits per heavy atom. The van der Waals surface area contributed by atoms with E-state index < -0.39 is 0 Å². The van der Waals surface area contributed by atoms with Gasteiger partial charge in [-0.25, -0.2) is 0 Å². The largest absolute Gasteiger partial charge is 0.508 e. The maximum absolute atomic E-state index is 9.63. The molecule has 2 nitrogen and oxygen atoms in total. The molecule has 0 aliphatic carbocycles. The highest BCUT2D eigenvalue weighted by Crippen LogP contribution is 2.40. The number of aryl methyl sites for hydroxylation is 1. The van der Waals surface area contributed by atoms with E-state index in [1.807, 2.05) is 24.3 Å². The quantitative estimate of drug-likeness (QED) is 0.634. The summed E-state index contributed by atoms with van der Waals surface area (Å²) < 4.78 is 0. The predicted octanol–water partition coefficient (Wildman–Crippen LogP) is 5.86. The Hall–Kier alpha value is -2.74. The van der Waals surface area contributed by atoms with E-state index in [4.69, 9.17) is 0 Å². The molecule has 0 aliphatic rings. The summed E-state index contributed by atoms with van der Waals surface area (Å²) in [4.78, 5) is 0. The Bertz CT molecular complexity index is 844. The van der Waals surface area contributed by atoms with Gasteiger partial charge in [0.1, 0.15) is 11.5 Å². The van der Waals surface area contributed by atoms with Gasteiger partial charge in [-0.3, -0.25) is 0 Å². The molecule has 0 amide bonds. The molecular formula is C22H22O2. The fraction of sp³-hybridized carbons (Fsp3) is 0.182. The number of phenolic OH excluding ortho intramolecular Hbond substituents is 2. The summed E-state index contributed by atoms with van der Waals surface area (Å²) in [7, 11) is 0. The van der Waals surface area contributed by atoms with E-state index in [0.29, 0.717) is 5.92 Å². The van der Waals surface area contributed by atoms with Crippen LogP contribution in [0.5, 0.6) is 11.5 Å². The summed E-state index contributed by atoms with van der Waals surface area (Å²) in [6.45, 7) is 6.49. The van der Waals surface area contributed by atoms with Gasteiger partial charge in [0.2, 0.25) is 0 Å². The van der Waals surface area contributed by atoms with E-state index in [2.05, 4.69) is 32.9 Å². The maximum atomic E-state index is 9.63. The van der Waals surface area contributed by atoms with Gasteiger partial charge >= 0.3 is 0 Å². The van der Waals surface area contributed by atoms with Crippen LogP contribution in [0.4, 0.5) is 0 Å². The summed E-state index contributed by atoms with van der Waals surface area (Å²) in [6, 6.07) is 19.0. The molecule has 3 rings (SSSR count). The Kier molecular flexibility index (Phi) is 4.30. The van der Waals surface area contributed by atoms with Crippen LogP contribution in [0.2, 0.25) is 0 Å². The minimum absolute atomic E-state index is 0.266. The number of phenols is 2. The first-order valence-electron chi connectivity index (χ1n) is 8.19. The van der Waals surface area contributed by atoms with Crippen molar-refractivity contribution < 1.29 is 10.2 Å². The zero-order valence-corrected chi connectivity index (χ0v) is 14.2. The highest BCUT2D eigenvalue weighted by atomic mass is 16.3. The van der Waals surface area contributed by atoms with Crippen LogP contribution in [0.1, 0.15) is 30.9 Å². The fourth-order valence-electron chi connectivity index (χ4n) is 3.14. The summed E-state index contributed by atoms with van der Waals surface area (Å²) in [6.07, 6.45) is 0. The molecule has 122 valence electrons. The van der Waals surface area contributed by atoms with Crippen molar-refractivity contribution in [2.24, 2.45) is 0 Å². The third kappa shape index (κ3) is 3.00. The second-order valence-corrected chi connectivity index (χ2v) is 6.47. The van der Waals surface area contributed by atoms with Gasteiger partial charge in [-0.15, -0.1) is 0 Å². The van der Waals surface area contributed by atoms with Crippen molar-refractivity contribution in [1.82, 2.24) is 0 Å². The molecule has 2 heteroatoms. The van der Waals surface area contributed by atoms with Crippen LogP contribution < -0.4 is 0 Å². The minimum Gasteiger partial charge on any atom is -0.508 e. The second kappa shape index (κ2) is 6.40. The lowest BCUT2D eigenvalue weighted by Crippen LogP contribution is -1.98. The molecule has 0 aliphatic heterocycles. The Labute approximate surface area is 143 Å². The highest BCUT2D eigenvalue weighted by molar-refractivity contribution is 5.88. The van der Waals surface area contributed by atoms with E-state index in [-0.39, 0.29) is 11.5 Å². The fourth-order valence-corrected chi connectivity index (χ4v) is 3.14. The molecule has 0 aromatic heterocycles. The van der Waals surface area contributed by atoms with Gasteiger partial charge in [0.25, 0.3) is 0 Å². The van der Waals surface area contributed by atoms with Crippen LogP contribution in [0.15, 0.2) is 60.7 Å². The van der Waals surface area contributed by atoms with E-state index >= 15 is 0 Å². The Balaban J connectivity index is 2.32. The summed E-state index contributed by atoms with van der Waals surface area (Å²) in [5, 5.41) is 19.2. The first-order valence-corrected chi connectivity index (χ1v) is 8.19. The van der Waals surface area contributed by atoms with Gasteiger partial charge < -0.3 is 10.2 Å². The van der Waals surface area contributed by atoms with Crippen LogP contribution in [0, 0.1) is 6.92 Å². The lowest BCUT2D eigenvalue weighted by Gasteiger charge is -2.20. The van der Waals surface area contributed by atoms with E-state index in [9.17, 15) is 10.2 Å². The molecule has 0 saturated carbocycles. The molecule has 0 atom stereocenters. The van der Waals surface area contributed by atoms with Gasteiger partial charge in [0.05, 0.1) is 0 Å². The maximum Gasteiger partial charge on any atom is 0.115 e. The molecule has 0 saturated heterocycles. The molecule has 3 aromatic carbocycles. The topological polar surface area (TPSA) is 40.5 Å². The molecular weight excluding hydrogens is 296 g/mol. The van der Waals surface area contributed by atoms with E-state index in [0.717, 1.165) is 11.1 Å². The lowest BCUT2D eigenvalue weighted by molar-refractivity contribution is 0.475. The molecule has 3 aromatic rings. The molecule has 24 heavy (non-hydrogen) atoms. The average molecular weight is 318 g/mol. The van der Waals surface area contributed by atoms with Crippen molar-refractivity contribution in [3.8, 4) is 33.8 Å². The standard InChI is InChI=1S/C22H22O2/c1-14(2)20-13-4-15(3)21(16-5-9-18(23)10-6-16)22(20)17-7-11-19(24)12-8-17/h4-14,23-24H,1-3H3. The molecule has 0 spiro atoms. The molecule has 0 fully saturated rings. The monoisotopic (exact) mass is 318 g/mol. The molecule has 0 bridgehead atoms. The lowest BCUT2D eigenvalue weighted by atomic mass is 9.84. The Morgan fingerprint density at radius 3 is 1.54 bits per heavy atom. The highest BCUT2D eigenvalue weighted by Gasteiger charge is 2.17. The normalized spacial score (nSPS) is 11.0. The first kappa shape index (κ1) is 16.1. The zero-order chi connectivity index (χ0) is 17.3. The summed E-state index contributed by atoms with van der Waals surface area (Å²) in [5.74, 6) is 0.913. The zero-order valence-electron chi connectivity index (χ0n) is 14.2. The van der Waals surface area contributed by atoms with Crippen molar-refractivity contribution in [2.45, 2.75) is 26.7 Å². The minimum atomic E-state index is 0.266. The van der Waals surface area contributed by atoms with E-state index in [1.54, 1.807) is 24.3 Å². The van der Waals surface area contributed by atoms with Gasteiger partial charge in [0.15, 0.2) is 0 Å². The number of aromatic hydroxyl groups is 2. The van der Waals surface area contributed by atoms with Crippen molar-refractivity contribution in [1.29, 1.82) is 0 Å². The molecule has 0 unspecified atom stereocenters. The average Bonchev–Trinajstić information content (AvgIpc) is 2.56. The summed E-state index contributed by atoms with van der Waals surface area (Å²) >= 11 is 0. The number of benzene rings is 3. The number of rotatable bonds is 3. The third-order valence-electron chi connectivity index (χ3n) is 4.38. The molecule has 0 heterocycles. The predicted molar refractivity (Wildman–Crippen MR) is 99.5 cm³/mol. The first-order chi connectivity index (χ1) is 11.5. The number of hydrogen-bond donors (Lipinski definition) is 2. The van der Waals surface area contributed by atoms with E-state index in [1.165, 1.54) is 22.3 Å². The van der Waals surface area contributed by atoms with Crippen LogP contribution in [0.25, 0.3) is 22.3 Å². The molecule has 2 N–H and O–H groups in total.